The Bertz CT molecular complexity index is 338. The van der Waals surface area contributed by atoms with Crippen molar-refractivity contribution in [3.05, 3.63) is 29.8 Å². The summed E-state index contributed by atoms with van der Waals surface area (Å²) < 4.78 is 4.42. The summed E-state index contributed by atoms with van der Waals surface area (Å²) in [6, 6.07) is 6.73. The molecule has 4 heteroatoms. The average Bonchev–Trinajstić information content (AvgIpc) is 2.17. The second-order valence-corrected chi connectivity index (χ2v) is 5.65. The van der Waals surface area contributed by atoms with Crippen LogP contribution < -0.4 is 4.74 Å². The van der Waals surface area contributed by atoms with Gasteiger partial charge in [0.05, 0.1) is 6.61 Å². The molecular weight excluding hydrogens is 260 g/mol. The number of hydrogen-bond donors (Lipinski definition) is 1. The first-order valence-corrected chi connectivity index (χ1v) is 5.34. The number of ether oxygens (including phenoxy) is 1. The zero-order chi connectivity index (χ0) is 11.5. The third-order valence-electron chi connectivity index (χ3n) is 1.80. The molecule has 82 valence electrons. The molecule has 1 aromatic carbocycles. The number of halogens is 1. The van der Waals surface area contributed by atoms with E-state index < -0.39 is 4.32 Å². The Labute approximate surface area is 97.2 Å². The third kappa shape index (κ3) is 3.64. The number of benzene rings is 1. The van der Waals surface area contributed by atoms with Gasteiger partial charge in [-0.25, -0.2) is 0 Å². The van der Waals surface area contributed by atoms with Crippen LogP contribution in [0.25, 0.3) is 0 Å². The molecule has 0 unspecified atom stereocenters. The minimum Gasteiger partial charge on any atom is -0.426 e. The fourth-order valence-electron chi connectivity index (χ4n) is 0.891. The quantitative estimate of drug-likeness (QED) is 0.522. The van der Waals surface area contributed by atoms with Crippen LogP contribution in [0, 0.1) is 0 Å². The van der Waals surface area contributed by atoms with Gasteiger partial charge in [0.2, 0.25) is 0 Å². The van der Waals surface area contributed by atoms with E-state index in [1.54, 1.807) is 38.1 Å². The Morgan fingerprint density at radius 3 is 2.33 bits per heavy atom. The summed E-state index contributed by atoms with van der Waals surface area (Å²) in [5, 5.41) is 8.82. The van der Waals surface area contributed by atoms with E-state index in [0.717, 1.165) is 5.56 Å². The number of carbonyl (C=O) groups is 1. The molecule has 1 aromatic rings. The molecule has 0 atom stereocenters. The molecular formula is C11H13BrO3. The Hall–Kier alpha value is -0.870. The van der Waals surface area contributed by atoms with Gasteiger partial charge < -0.3 is 9.84 Å². The van der Waals surface area contributed by atoms with Crippen LogP contribution in [-0.4, -0.2) is 15.4 Å². The van der Waals surface area contributed by atoms with Crippen LogP contribution in [0.5, 0.6) is 5.75 Å². The second kappa shape index (κ2) is 4.77. The highest BCUT2D eigenvalue weighted by Crippen LogP contribution is 2.20. The van der Waals surface area contributed by atoms with E-state index >= 15 is 0 Å². The molecule has 0 aliphatic carbocycles. The standard InChI is InChI=1S/C11H13BrO3/c1-11(2,12)10(14)15-9-5-3-8(7-13)4-6-9/h3-6,13H,7H2,1-2H3. The van der Waals surface area contributed by atoms with Gasteiger partial charge in [-0.1, -0.05) is 28.1 Å². The Morgan fingerprint density at radius 2 is 1.93 bits per heavy atom. The largest absolute Gasteiger partial charge is 0.426 e. The Balaban J connectivity index is 2.70. The summed E-state index contributed by atoms with van der Waals surface area (Å²) in [6.07, 6.45) is 0. The van der Waals surface area contributed by atoms with E-state index in [4.69, 9.17) is 9.84 Å². The van der Waals surface area contributed by atoms with Gasteiger partial charge in [0.1, 0.15) is 10.1 Å². The first kappa shape index (κ1) is 12.2. The van der Waals surface area contributed by atoms with Gasteiger partial charge in [0.25, 0.3) is 0 Å². The molecule has 0 aliphatic heterocycles. The third-order valence-corrected chi connectivity index (χ3v) is 2.13. The van der Waals surface area contributed by atoms with Crippen LogP contribution in [0.4, 0.5) is 0 Å². The van der Waals surface area contributed by atoms with Gasteiger partial charge in [0, 0.05) is 0 Å². The highest BCUT2D eigenvalue weighted by molar-refractivity contribution is 9.10. The van der Waals surface area contributed by atoms with Crippen molar-refractivity contribution < 1.29 is 14.6 Å². The number of rotatable bonds is 3. The highest BCUT2D eigenvalue weighted by Gasteiger charge is 2.25. The number of aliphatic hydroxyl groups is 1. The predicted octanol–water partition coefficient (Wildman–Crippen LogP) is 2.26. The lowest BCUT2D eigenvalue weighted by atomic mass is 10.2. The van der Waals surface area contributed by atoms with E-state index in [2.05, 4.69) is 15.9 Å². The maximum Gasteiger partial charge on any atom is 0.327 e. The Kier molecular flexibility index (Phi) is 3.88. The van der Waals surface area contributed by atoms with E-state index in [1.807, 2.05) is 0 Å². The molecule has 0 radical (unpaired) electrons. The maximum atomic E-state index is 11.5. The number of hydrogen-bond acceptors (Lipinski definition) is 3. The molecule has 0 heterocycles. The number of aliphatic hydroxyl groups excluding tert-OH is 1. The second-order valence-electron chi connectivity index (χ2n) is 3.66. The molecule has 0 saturated heterocycles. The van der Waals surface area contributed by atoms with Gasteiger partial charge in [-0.2, -0.15) is 0 Å². The fraction of sp³-hybridized carbons (Fsp3) is 0.364. The van der Waals surface area contributed by atoms with Gasteiger partial charge in [0.15, 0.2) is 0 Å². The lowest BCUT2D eigenvalue weighted by molar-refractivity contribution is -0.136. The normalized spacial score (nSPS) is 11.2. The Morgan fingerprint density at radius 1 is 1.40 bits per heavy atom. The summed E-state index contributed by atoms with van der Waals surface area (Å²) in [4.78, 5) is 11.5. The van der Waals surface area contributed by atoms with Gasteiger partial charge in [-0.05, 0) is 31.5 Å². The van der Waals surface area contributed by atoms with Crippen LogP contribution in [0.1, 0.15) is 19.4 Å². The molecule has 0 aromatic heterocycles. The first-order valence-electron chi connectivity index (χ1n) is 4.54. The number of alkyl halides is 1. The summed E-state index contributed by atoms with van der Waals surface area (Å²) in [5.74, 6) is 0.129. The van der Waals surface area contributed by atoms with Gasteiger partial charge in [-0.3, -0.25) is 4.79 Å². The topological polar surface area (TPSA) is 46.5 Å². The van der Waals surface area contributed by atoms with E-state index in [0.29, 0.717) is 5.75 Å². The summed E-state index contributed by atoms with van der Waals surface area (Å²) >= 11 is 3.22. The molecule has 3 nitrogen and oxygen atoms in total. The molecule has 15 heavy (non-hydrogen) atoms. The van der Waals surface area contributed by atoms with Crippen LogP contribution in [0.15, 0.2) is 24.3 Å². The number of esters is 1. The van der Waals surface area contributed by atoms with Crippen molar-refractivity contribution in [3.8, 4) is 5.75 Å². The minimum atomic E-state index is -0.692. The minimum absolute atomic E-state index is 0.0157. The van der Waals surface area contributed by atoms with Crippen LogP contribution >= 0.6 is 15.9 Å². The predicted molar refractivity (Wildman–Crippen MR) is 61.0 cm³/mol. The van der Waals surface area contributed by atoms with E-state index in [-0.39, 0.29) is 12.6 Å². The highest BCUT2D eigenvalue weighted by atomic mass is 79.9. The van der Waals surface area contributed by atoms with Gasteiger partial charge >= 0.3 is 5.97 Å². The molecule has 0 fully saturated rings. The molecule has 0 bridgehead atoms. The molecule has 0 saturated carbocycles. The van der Waals surface area contributed by atoms with Crippen molar-refractivity contribution in [2.75, 3.05) is 0 Å². The van der Waals surface area contributed by atoms with Crippen LogP contribution in [0.2, 0.25) is 0 Å². The van der Waals surface area contributed by atoms with Gasteiger partial charge in [-0.15, -0.1) is 0 Å². The first-order chi connectivity index (χ1) is 6.93. The zero-order valence-corrected chi connectivity index (χ0v) is 10.2. The lowest BCUT2D eigenvalue weighted by Gasteiger charge is -2.14. The summed E-state index contributed by atoms with van der Waals surface area (Å²) in [5.41, 5.74) is 0.785. The van der Waals surface area contributed by atoms with Crippen molar-refractivity contribution in [2.24, 2.45) is 0 Å². The maximum absolute atomic E-state index is 11.5. The van der Waals surface area contributed by atoms with Crippen molar-refractivity contribution in [1.29, 1.82) is 0 Å². The molecule has 1 N–H and O–H groups in total. The lowest BCUT2D eigenvalue weighted by Crippen LogP contribution is -2.29. The summed E-state index contributed by atoms with van der Waals surface area (Å²) in [7, 11) is 0. The van der Waals surface area contributed by atoms with Crippen molar-refractivity contribution >= 4 is 21.9 Å². The SMILES string of the molecule is CC(C)(Br)C(=O)Oc1ccc(CO)cc1. The average molecular weight is 273 g/mol. The fourth-order valence-corrected chi connectivity index (χ4v) is 0.972. The smallest absolute Gasteiger partial charge is 0.327 e. The number of carbonyl (C=O) groups excluding carboxylic acids is 1. The molecule has 1 rings (SSSR count). The molecule has 0 spiro atoms. The molecule has 0 aliphatic rings. The van der Waals surface area contributed by atoms with E-state index in [9.17, 15) is 4.79 Å². The molecule has 0 amide bonds. The van der Waals surface area contributed by atoms with Crippen molar-refractivity contribution in [2.45, 2.75) is 24.8 Å². The van der Waals surface area contributed by atoms with Crippen molar-refractivity contribution in [3.63, 3.8) is 0 Å². The zero-order valence-electron chi connectivity index (χ0n) is 8.66. The van der Waals surface area contributed by atoms with E-state index in [1.165, 1.54) is 0 Å². The summed E-state index contributed by atoms with van der Waals surface area (Å²) in [6.45, 7) is 3.42. The van der Waals surface area contributed by atoms with Crippen LogP contribution in [-0.2, 0) is 11.4 Å². The van der Waals surface area contributed by atoms with Crippen LogP contribution in [0.3, 0.4) is 0 Å². The monoisotopic (exact) mass is 272 g/mol. The van der Waals surface area contributed by atoms with Crippen molar-refractivity contribution in [1.82, 2.24) is 0 Å².